The van der Waals surface area contributed by atoms with Crippen LogP contribution in [0.3, 0.4) is 0 Å². The zero-order valence-electron chi connectivity index (χ0n) is 13.3. The van der Waals surface area contributed by atoms with Crippen molar-refractivity contribution in [1.82, 2.24) is 0 Å². The summed E-state index contributed by atoms with van der Waals surface area (Å²) in [6, 6.07) is 13.8. The number of carbonyl (C=O) groups is 1. The molecule has 2 aromatic rings. The molecule has 0 radical (unpaired) electrons. The smallest absolute Gasteiger partial charge is 0.234 e. The summed E-state index contributed by atoms with van der Waals surface area (Å²) in [6.07, 6.45) is 0. The van der Waals surface area contributed by atoms with Gasteiger partial charge in [0.15, 0.2) is 0 Å². The normalized spacial score (nSPS) is 10.4. The molecule has 23 heavy (non-hydrogen) atoms. The highest BCUT2D eigenvalue weighted by Crippen LogP contribution is 2.21. The van der Waals surface area contributed by atoms with E-state index < -0.39 is 0 Å². The summed E-state index contributed by atoms with van der Waals surface area (Å²) in [4.78, 5) is 11.9. The van der Waals surface area contributed by atoms with E-state index in [-0.39, 0.29) is 5.91 Å². The fourth-order valence-corrected chi connectivity index (χ4v) is 3.14. The van der Waals surface area contributed by atoms with Crippen LogP contribution in [0.1, 0.15) is 11.1 Å². The first-order chi connectivity index (χ1) is 11.0. The minimum atomic E-state index is -0.00620. The van der Waals surface area contributed by atoms with Gasteiger partial charge < -0.3 is 10.1 Å². The molecule has 3 nitrogen and oxygen atoms in total. The minimum Gasteiger partial charge on any atom is -0.493 e. The second-order valence-electron chi connectivity index (χ2n) is 5.25. The Morgan fingerprint density at radius 3 is 2.57 bits per heavy atom. The van der Waals surface area contributed by atoms with Crippen LogP contribution in [0.4, 0.5) is 5.69 Å². The number of ether oxygens (including phenoxy) is 1. The third-order valence-corrected chi connectivity index (χ3v) is 4.69. The average molecular weight is 394 g/mol. The molecule has 0 aliphatic carbocycles. The first kappa shape index (κ1) is 17.9. The molecule has 0 saturated carbocycles. The van der Waals surface area contributed by atoms with Crippen molar-refractivity contribution >= 4 is 39.3 Å². The Bertz CT molecular complexity index is 656. The zero-order chi connectivity index (χ0) is 16.7. The second-order valence-corrected chi connectivity index (χ2v) is 7.21. The molecular formula is C18H20BrNO2S. The molecule has 0 heterocycles. The Kier molecular flexibility index (Phi) is 6.99. The van der Waals surface area contributed by atoms with Gasteiger partial charge in [0.05, 0.1) is 18.0 Å². The number of aryl methyl sites for hydroxylation is 2. The van der Waals surface area contributed by atoms with Crippen molar-refractivity contribution in [3.05, 3.63) is 58.1 Å². The molecule has 0 atom stereocenters. The number of thioether (sulfide) groups is 1. The average Bonchev–Trinajstić information content (AvgIpc) is 2.48. The predicted octanol–water partition coefficient (Wildman–Crippen LogP) is 4.82. The summed E-state index contributed by atoms with van der Waals surface area (Å²) in [5.74, 6) is 2.07. The summed E-state index contributed by atoms with van der Waals surface area (Å²) < 4.78 is 6.61. The van der Waals surface area contributed by atoms with Crippen LogP contribution in [0, 0.1) is 13.8 Å². The molecule has 0 fully saturated rings. The van der Waals surface area contributed by atoms with E-state index in [0.717, 1.165) is 21.7 Å². The van der Waals surface area contributed by atoms with Gasteiger partial charge in [0.25, 0.3) is 0 Å². The molecule has 1 N–H and O–H groups in total. The fraction of sp³-hybridized carbons (Fsp3) is 0.278. The number of anilines is 1. The van der Waals surface area contributed by atoms with Crippen molar-refractivity contribution in [1.29, 1.82) is 0 Å². The van der Waals surface area contributed by atoms with Crippen molar-refractivity contribution in [2.45, 2.75) is 13.8 Å². The van der Waals surface area contributed by atoms with Crippen molar-refractivity contribution in [2.75, 3.05) is 23.4 Å². The van der Waals surface area contributed by atoms with Crippen LogP contribution in [-0.2, 0) is 4.79 Å². The molecule has 0 unspecified atom stereocenters. The Labute approximate surface area is 149 Å². The maximum Gasteiger partial charge on any atom is 0.234 e. The van der Waals surface area contributed by atoms with E-state index in [0.29, 0.717) is 12.4 Å². The Morgan fingerprint density at radius 2 is 1.87 bits per heavy atom. The van der Waals surface area contributed by atoms with Gasteiger partial charge in [-0.3, -0.25) is 4.79 Å². The fourth-order valence-electron chi connectivity index (χ4n) is 2.15. The molecule has 2 rings (SSSR count). The van der Waals surface area contributed by atoms with Gasteiger partial charge in [0, 0.05) is 10.2 Å². The lowest BCUT2D eigenvalue weighted by atomic mass is 10.1. The maximum absolute atomic E-state index is 11.9. The number of halogens is 1. The molecule has 0 aliphatic rings. The van der Waals surface area contributed by atoms with Crippen LogP contribution < -0.4 is 10.1 Å². The van der Waals surface area contributed by atoms with Gasteiger partial charge in [-0.05, 0) is 65.2 Å². The topological polar surface area (TPSA) is 38.3 Å². The molecular weight excluding hydrogens is 374 g/mol. The minimum absolute atomic E-state index is 0.00620. The Morgan fingerprint density at radius 1 is 1.17 bits per heavy atom. The number of rotatable bonds is 7. The molecule has 0 saturated heterocycles. The van der Waals surface area contributed by atoms with E-state index in [2.05, 4.69) is 41.2 Å². The monoisotopic (exact) mass is 393 g/mol. The summed E-state index contributed by atoms with van der Waals surface area (Å²) >= 11 is 4.98. The van der Waals surface area contributed by atoms with Gasteiger partial charge in [-0.2, -0.15) is 0 Å². The van der Waals surface area contributed by atoms with Gasteiger partial charge in [-0.15, -0.1) is 11.8 Å². The molecule has 5 heteroatoms. The van der Waals surface area contributed by atoms with Gasteiger partial charge in [-0.25, -0.2) is 0 Å². The zero-order valence-corrected chi connectivity index (χ0v) is 15.7. The molecule has 122 valence electrons. The van der Waals surface area contributed by atoms with E-state index in [1.807, 2.05) is 36.4 Å². The summed E-state index contributed by atoms with van der Waals surface area (Å²) in [7, 11) is 0. The third kappa shape index (κ3) is 6.28. The van der Waals surface area contributed by atoms with E-state index >= 15 is 0 Å². The lowest BCUT2D eigenvalue weighted by molar-refractivity contribution is -0.113. The number of amides is 1. The number of carbonyl (C=O) groups excluding carboxylic acids is 1. The number of benzene rings is 2. The van der Waals surface area contributed by atoms with Crippen molar-refractivity contribution in [3.8, 4) is 5.75 Å². The van der Waals surface area contributed by atoms with Gasteiger partial charge in [0.1, 0.15) is 5.75 Å². The first-order valence-corrected chi connectivity index (χ1v) is 9.32. The van der Waals surface area contributed by atoms with Gasteiger partial charge >= 0.3 is 0 Å². The van der Waals surface area contributed by atoms with E-state index in [1.165, 1.54) is 11.1 Å². The first-order valence-electron chi connectivity index (χ1n) is 7.38. The summed E-state index contributed by atoms with van der Waals surface area (Å²) in [6.45, 7) is 4.71. The van der Waals surface area contributed by atoms with Gasteiger partial charge in [0.2, 0.25) is 5.91 Å². The highest BCUT2D eigenvalue weighted by atomic mass is 79.9. The largest absolute Gasteiger partial charge is 0.493 e. The summed E-state index contributed by atoms with van der Waals surface area (Å²) in [5, 5.41) is 2.89. The van der Waals surface area contributed by atoms with E-state index in [1.54, 1.807) is 11.8 Å². The van der Waals surface area contributed by atoms with Crippen molar-refractivity contribution in [2.24, 2.45) is 0 Å². The van der Waals surface area contributed by atoms with Crippen molar-refractivity contribution < 1.29 is 9.53 Å². The number of hydrogen-bond acceptors (Lipinski definition) is 3. The molecule has 2 aromatic carbocycles. The maximum atomic E-state index is 11.9. The van der Waals surface area contributed by atoms with E-state index in [4.69, 9.17) is 4.74 Å². The highest BCUT2D eigenvalue weighted by Gasteiger charge is 2.05. The van der Waals surface area contributed by atoms with Crippen LogP contribution >= 0.6 is 27.7 Å². The van der Waals surface area contributed by atoms with Gasteiger partial charge in [-0.1, -0.05) is 18.2 Å². The lowest BCUT2D eigenvalue weighted by Crippen LogP contribution is -2.15. The third-order valence-electron chi connectivity index (χ3n) is 3.07. The number of para-hydroxylation sites is 1. The molecule has 0 aliphatic heterocycles. The molecule has 0 aromatic heterocycles. The summed E-state index contributed by atoms with van der Waals surface area (Å²) in [5.41, 5.74) is 3.19. The van der Waals surface area contributed by atoms with Crippen LogP contribution in [0.25, 0.3) is 0 Å². The van der Waals surface area contributed by atoms with Crippen LogP contribution in [0.5, 0.6) is 5.75 Å². The highest BCUT2D eigenvalue weighted by molar-refractivity contribution is 9.10. The number of hydrogen-bond donors (Lipinski definition) is 1. The molecule has 1 amide bonds. The molecule has 0 bridgehead atoms. The van der Waals surface area contributed by atoms with Crippen LogP contribution in [0.2, 0.25) is 0 Å². The second kappa shape index (κ2) is 8.99. The predicted molar refractivity (Wildman–Crippen MR) is 102 cm³/mol. The lowest BCUT2D eigenvalue weighted by Gasteiger charge is -2.09. The SMILES string of the molecule is Cc1cc(C)cc(OCCSCC(=O)Nc2ccccc2Br)c1. The van der Waals surface area contributed by atoms with Crippen molar-refractivity contribution in [3.63, 3.8) is 0 Å². The Balaban J connectivity index is 1.67. The van der Waals surface area contributed by atoms with E-state index in [9.17, 15) is 4.79 Å². The van der Waals surface area contributed by atoms with Crippen LogP contribution in [0.15, 0.2) is 46.9 Å². The van der Waals surface area contributed by atoms with Crippen LogP contribution in [-0.4, -0.2) is 24.0 Å². The Hall–Kier alpha value is -1.46. The number of nitrogens with one attached hydrogen (secondary N) is 1. The molecule has 0 spiro atoms. The quantitative estimate of drug-likeness (QED) is 0.685. The standard InChI is InChI=1S/C18H20BrNO2S/c1-13-9-14(2)11-15(10-13)22-7-8-23-12-18(21)20-17-6-4-3-5-16(17)19/h3-6,9-11H,7-8,12H2,1-2H3,(H,20,21).